The van der Waals surface area contributed by atoms with Gasteiger partial charge in [0.25, 0.3) is 10.2 Å². The summed E-state index contributed by atoms with van der Waals surface area (Å²) in [6, 6.07) is 16.2. The summed E-state index contributed by atoms with van der Waals surface area (Å²) >= 11 is 11.6. The zero-order chi connectivity index (χ0) is 27.2. The summed E-state index contributed by atoms with van der Waals surface area (Å²) in [6.07, 6.45) is 2.71. The maximum absolute atomic E-state index is 13.4. The fourth-order valence-electron chi connectivity index (χ4n) is 4.50. The van der Waals surface area contributed by atoms with Crippen LogP contribution in [-0.4, -0.2) is 61.3 Å². The first-order valence-electron chi connectivity index (χ1n) is 12.2. The van der Waals surface area contributed by atoms with Crippen LogP contribution in [0.4, 0.5) is 0 Å². The standard InChI is InChI=1S/C20H28ClN3O5S.C6H5Cl/c1-23(2)30(28,29)22-12-18(14-3-4-14)24-17(13-5-8-16(21)9-6-13)10-7-15(20(24)27)11-19(25)26;7-6-4-2-1-3-5-6/h5-6,8-9,14-15,17-18,22H,3-4,7,10-12H2,1-2H3,(H,25,26);1-5H. The molecule has 1 aliphatic heterocycles. The van der Waals surface area contributed by atoms with Crippen molar-refractivity contribution in [2.45, 2.75) is 44.2 Å². The van der Waals surface area contributed by atoms with Crippen molar-refractivity contribution in [2.75, 3.05) is 20.6 Å². The molecular formula is C26H33Cl2N3O5S. The number of nitrogens with one attached hydrogen (secondary N) is 1. The van der Waals surface area contributed by atoms with Gasteiger partial charge in [0.2, 0.25) is 5.91 Å². The highest BCUT2D eigenvalue weighted by molar-refractivity contribution is 7.87. The zero-order valence-electron chi connectivity index (χ0n) is 20.9. The SMILES string of the molecule is CN(C)S(=O)(=O)NCC(C1CC1)N1C(=O)C(CC(=O)O)CCC1c1ccc(Cl)cc1.Clc1ccccc1. The van der Waals surface area contributed by atoms with Crippen molar-refractivity contribution in [3.05, 3.63) is 70.2 Å². The average molecular weight is 571 g/mol. The minimum Gasteiger partial charge on any atom is -0.481 e. The smallest absolute Gasteiger partial charge is 0.304 e. The molecule has 1 heterocycles. The van der Waals surface area contributed by atoms with Crippen LogP contribution in [0.3, 0.4) is 0 Å². The first-order valence-corrected chi connectivity index (χ1v) is 14.4. The van der Waals surface area contributed by atoms with Gasteiger partial charge in [0, 0.05) is 42.6 Å². The third-order valence-electron chi connectivity index (χ3n) is 6.62. The molecule has 2 fully saturated rings. The predicted molar refractivity (Wildman–Crippen MR) is 145 cm³/mol. The van der Waals surface area contributed by atoms with E-state index in [0.717, 1.165) is 27.7 Å². The van der Waals surface area contributed by atoms with Crippen molar-refractivity contribution in [3.8, 4) is 0 Å². The Hall–Kier alpha value is -2.17. The van der Waals surface area contributed by atoms with Gasteiger partial charge in [-0.15, -0.1) is 0 Å². The lowest BCUT2D eigenvalue weighted by atomic mass is 9.84. The maximum Gasteiger partial charge on any atom is 0.304 e. The van der Waals surface area contributed by atoms with Crippen molar-refractivity contribution in [3.63, 3.8) is 0 Å². The predicted octanol–water partition coefficient (Wildman–Crippen LogP) is 4.61. The average Bonchev–Trinajstić information content (AvgIpc) is 3.68. The Bertz CT molecular complexity index is 1160. The molecular weight excluding hydrogens is 537 g/mol. The van der Waals surface area contributed by atoms with Crippen LogP contribution in [0.1, 0.15) is 43.7 Å². The number of piperidine rings is 1. The molecule has 1 amide bonds. The van der Waals surface area contributed by atoms with Gasteiger partial charge in [0.05, 0.1) is 12.5 Å². The van der Waals surface area contributed by atoms with E-state index in [0.29, 0.717) is 17.9 Å². The number of rotatable bonds is 9. The summed E-state index contributed by atoms with van der Waals surface area (Å²) in [7, 11) is -0.753. The fourth-order valence-corrected chi connectivity index (χ4v) is 5.41. The summed E-state index contributed by atoms with van der Waals surface area (Å²) < 4.78 is 28.2. The third-order valence-corrected chi connectivity index (χ3v) is 8.61. The summed E-state index contributed by atoms with van der Waals surface area (Å²) in [5, 5.41) is 10.6. The first-order chi connectivity index (χ1) is 17.5. The Balaban J connectivity index is 0.000000468. The van der Waals surface area contributed by atoms with E-state index in [1.54, 1.807) is 17.0 Å². The van der Waals surface area contributed by atoms with Crippen molar-refractivity contribution < 1.29 is 23.1 Å². The topological polar surface area (TPSA) is 107 Å². The van der Waals surface area contributed by atoms with E-state index in [2.05, 4.69) is 4.72 Å². The molecule has 8 nitrogen and oxygen atoms in total. The number of likely N-dealkylation sites (tertiary alicyclic amines) is 1. The molecule has 4 rings (SSSR count). The minimum atomic E-state index is -3.64. The second kappa shape index (κ2) is 13.1. The Morgan fingerprint density at radius 3 is 2.11 bits per heavy atom. The van der Waals surface area contributed by atoms with Crippen LogP contribution in [0, 0.1) is 11.8 Å². The molecule has 2 aliphatic rings. The van der Waals surface area contributed by atoms with Crippen molar-refractivity contribution >= 4 is 45.3 Å². The third kappa shape index (κ3) is 8.41. The van der Waals surface area contributed by atoms with E-state index in [-0.39, 0.29) is 36.9 Å². The van der Waals surface area contributed by atoms with Crippen LogP contribution in [-0.2, 0) is 19.8 Å². The number of hydrogen-bond donors (Lipinski definition) is 2. The number of carbonyl (C=O) groups is 2. The van der Waals surface area contributed by atoms with Gasteiger partial charge in [-0.25, -0.2) is 4.72 Å². The van der Waals surface area contributed by atoms with Gasteiger partial charge in [-0.05, 0) is 61.4 Å². The largest absolute Gasteiger partial charge is 0.481 e. The van der Waals surface area contributed by atoms with E-state index >= 15 is 0 Å². The number of carbonyl (C=O) groups excluding carboxylic acids is 1. The molecule has 202 valence electrons. The summed E-state index contributed by atoms with van der Waals surface area (Å²) in [4.78, 5) is 26.4. The number of amides is 1. The van der Waals surface area contributed by atoms with Crippen LogP contribution in [0.5, 0.6) is 0 Å². The van der Waals surface area contributed by atoms with Gasteiger partial charge >= 0.3 is 5.97 Å². The lowest BCUT2D eigenvalue weighted by Gasteiger charge is -2.44. The molecule has 0 bridgehead atoms. The molecule has 0 aromatic heterocycles. The molecule has 0 radical (unpaired) electrons. The van der Waals surface area contributed by atoms with Gasteiger partial charge in [-0.3, -0.25) is 9.59 Å². The number of carboxylic acid groups (broad SMARTS) is 1. The molecule has 2 aromatic carbocycles. The summed E-state index contributed by atoms with van der Waals surface area (Å²) in [5.41, 5.74) is 0.919. The number of benzene rings is 2. The Morgan fingerprint density at radius 1 is 1.03 bits per heavy atom. The molecule has 2 aromatic rings. The number of halogens is 2. The highest BCUT2D eigenvalue weighted by Gasteiger charge is 2.45. The van der Waals surface area contributed by atoms with Crippen molar-refractivity contribution in [1.82, 2.24) is 13.9 Å². The van der Waals surface area contributed by atoms with Gasteiger partial charge in [-0.2, -0.15) is 12.7 Å². The summed E-state index contributed by atoms with van der Waals surface area (Å²) in [5.74, 6) is -1.63. The quantitative estimate of drug-likeness (QED) is 0.458. The Kier molecular flexibility index (Phi) is 10.4. The first kappa shape index (κ1) is 29.4. The monoisotopic (exact) mass is 569 g/mol. The van der Waals surface area contributed by atoms with Gasteiger partial charge in [-0.1, -0.05) is 53.5 Å². The van der Waals surface area contributed by atoms with E-state index in [1.165, 1.54) is 14.1 Å². The van der Waals surface area contributed by atoms with E-state index in [9.17, 15) is 23.1 Å². The summed E-state index contributed by atoms with van der Waals surface area (Å²) in [6.45, 7) is 0.0980. The van der Waals surface area contributed by atoms with Crippen LogP contribution in [0.15, 0.2) is 54.6 Å². The van der Waals surface area contributed by atoms with Crippen LogP contribution < -0.4 is 4.72 Å². The highest BCUT2D eigenvalue weighted by Crippen LogP contribution is 2.43. The van der Waals surface area contributed by atoms with Crippen LogP contribution >= 0.6 is 23.2 Å². The zero-order valence-corrected chi connectivity index (χ0v) is 23.2. The van der Waals surface area contributed by atoms with Gasteiger partial charge < -0.3 is 10.0 Å². The lowest BCUT2D eigenvalue weighted by Crippen LogP contribution is -2.54. The van der Waals surface area contributed by atoms with Gasteiger partial charge in [0.1, 0.15) is 0 Å². The van der Waals surface area contributed by atoms with Crippen molar-refractivity contribution in [2.24, 2.45) is 11.8 Å². The van der Waals surface area contributed by atoms with Crippen LogP contribution in [0.2, 0.25) is 10.0 Å². The molecule has 2 N–H and O–H groups in total. The normalized spacial score (nSPS) is 20.8. The number of nitrogens with zero attached hydrogens (tertiary/aromatic N) is 2. The molecule has 1 saturated heterocycles. The molecule has 1 saturated carbocycles. The lowest BCUT2D eigenvalue weighted by molar-refractivity contribution is -0.151. The fraction of sp³-hybridized carbons (Fsp3) is 0.462. The van der Waals surface area contributed by atoms with E-state index in [1.807, 2.05) is 42.5 Å². The highest BCUT2D eigenvalue weighted by atomic mass is 35.5. The molecule has 0 spiro atoms. The minimum absolute atomic E-state index is 0.0980. The maximum atomic E-state index is 13.4. The molecule has 3 atom stereocenters. The Morgan fingerprint density at radius 2 is 1.62 bits per heavy atom. The molecule has 37 heavy (non-hydrogen) atoms. The van der Waals surface area contributed by atoms with Gasteiger partial charge in [0.15, 0.2) is 0 Å². The second-order valence-corrected chi connectivity index (χ2v) is 12.4. The number of aliphatic carboxylic acids is 1. The van der Waals surface area contributed by atoms with Crippen molar-refractivity contribution in [1.29, 1.82) is 0 Å². The number of carboxylic acids is 1. The van der Waals surface area contributed by atoms with Crippen LogP contribution in [0.25, 0.3) is 0 Å². The van der Waals surface area contributed by atoms with E-state index < -0.39 is 22.1 Å². The molecule has 1 aliphatic carbocycles. The molecule has 3 unspecified atom stereocenters. The van der Waals surface area contributed by atoms with E-state index in [4.69, 9.17) is 23.2 Å². The molecule has 11 heteroatoms. The number of hydrogen-bond acceptors (Lipinski definition) is 4. The second-order valence-electron chi connectivity index (χ2n) is 9.52. The Labute approximate surface area is 228 Å².